The summed E-state index contributed by atoms with van der Waals surface area (Å²) in [6.07, 6.45) is 7.01. The molecule has 1 heterocycles. The van der Waals surface area contributed by atoms with Gasteiger partial charge >= 0.3 is 0 Å². The highest BCUT2D eigenvalue weighted by atomic mass is 16.2. The molecule has 0 spiro atoms. The van der Waals surface area contributed by atoms with Crippen molar-refractivity contribution in [2.45, 2.75) is 6.54 Å². The number of nitrogens with zero attached hydrogens (tertiary/aromatic N) is 3. The smallest absolute Gasteiger partial charge is 0.246 e. The van der Waals surface area contributed by atoms with Crippen molar-refractivity contribution >= 4 is 12.0 Å². The number of aromatic nitrogens is 2. The van der Waals surface area contributed by atoms with Crippen LogP contribution in [0.25, 0.3) is 11.8 Å². The molecule has 0 atom stereocenters. The molecule has 2 aromatic carbocycles. The SMILES string of the molecule is CN(Cc1ccccc1)C(=O)/C=C/c1cnn(-c2ccccc2)c1. The highest BCUT2D eigenvalue weighted by Gasteiger charge is 2.06. The zero-order chi connectivity index (χ0) is 16.8. The van der Waals surface area contributed by atoms with Crippen molar-refractivity contribution < 1.29 is 4.79 Å². The number of para-hydroxylation sites is 1. The summed E-state index contributed by atoms with van der Waals surface area (Å²) in [4.78, 5) is 13.9. The second-order valence-electron chi connectivity index (χ2n) is 5.57. The van der Waals surface area contributed by atoms with E-state index in [0.717, 1.165) is 16.8 Å². The van der Waals surface area contributed by atoms with Crippen LogP contribution in [0.2, 0.25) is 0 Å². The zero-order valence-corrected chi connectivity index (χ0v) is 13.5. The Kier molecular flexibility index (Phi) is 4.87. The van der Waals surface area contributed by atoms with Gasteiger partial charge in [0.05, 0.1) is 11.9 Å². The molecule has 24 heavy (non-hydrogen) atoms. The Bertz CT molecular complexity index is 822. The third-order valence-corrected chi connectivity index (χ3v) is 3.68. The molecule has 0 unspecified atom stereocenters. The molecule has 4 heteroatoms. The zero-order valence-electron chi connectivity index (χ0n) is 13.5. The molecule has 1 aromatic heterocycles. The van der Waals surface area contributed by atoms with Crippen molar-refractivity contribution in [1.82, 2.24) is 14.7 Å². The van der Waals surface area contributed by atoms with Crippen molar-refractivity contribution in [3.05, 3.63) is 90.3 Å². The van der Waals surface area contributed by atoms with Gasteiger partial charge in [-0.3, -0.25) is 4.79 Å². The second-order valence-corrected chi connectivity index (χ2v) is 5.57. The van der Waals surface area contributed by atoms with Crippen LogP contribution in [0.4, 0.5) is 0 Å². The maximum Gasteiger partial charge on any atom is 0.246 e. The monoisotopic (exact) mass is 317 g/mol. The molecule has 0 aliphatic rings. The lowest BCUT2D eigenvalue weighted by molar-refractivity contribution is -0.125. The predicted molar refractivity (Wildman–Crippen MR) is 95.5 cm³/mol. The van der Waals surface area contributed by atoms with Gasteiger partial charge in [0.15, 0.2) is 0 Å². The van der Waals surface area contributed by atoms with E-state index in [1.165, 1.54) is 0 Å². The van der Waals surface area contributed by atoms with Crippen molar-refractivity contribution in [3.8, 4) is 5.69 Å². The summed E-state index contributed by atoms with van der Waals surface area (Å²) in [5.41, 5.74) is 2.99. The van der Waals surface area contributed by atoms with E-state index >= 15 is 0 Å². The first-order valence-corrected chi connectivity index (χ1v) is 7.79. The summed E-state index contributed by atoms with van der Waals surface area (Å²) in [5, 5.41) is 4.32. The van der Waals surface area contributed by atoms with Gasteiger partial charge in [-0.05, 0) is 23.8 Å². The molecule has 0 fully saturated rings. The summed E-state index contributed by atoms with van der Waals surface area (Å²) >= 11 is 0. The number of hydrogen-bond donors (Lipinski definition) is 0. The number of rotatable bonds is 5. The van der Waals surface area contributed by atoms with E-state index in [0.29, 0.717) is 6.54 Å². The maximum atomic E-state index is 12.2. The average molecular weight is 317 g/mol. The maximum absolute atomic E-state index is 12.2. The number of likely N-dealkylation sites (N-methyl/N-ethyl adjacent to an activating group) is 1. The molecule has 0 aliphatic carbocycles. The summed E-state index contributed by atoms with van der Waals surface area (Å²) in [6.45, 7) is 0.591. The molecule has 0 saturated heterocycles. The molecule has 0 N–H and O–H groups in total. The molecule has 120 valence electrons. The summed E-state index contributed by atoms with van der Waals surface area (Å²) < 4.78 is 1.79. The first-order chi connectivity index (χ1) is 11.7. The topological polar surface area (TPSA) is 38.1 Å². The minimum atomic E-state index is -0.0358. The minimum absolute atomic E-state index is 0.0358. The Morgan fingerprint density at radius 2 is 1.75 bits per heavy atom. The normalized spacial score (nSPS) is 10.9. The predicted octanol–water partition coefficient (Wildman–Crippen LogP) is 3.54. The molecule has 0 aliphatic heterocycles. The van der Waals surface area contributed by atoms with Gasteiger partial charge in [0.2, 0.25) is 5.91 Å². The van der Waals surface area contributed by atoms with Gasteiger partial charge in [0.25, 0.3) is 0 Å². The van der Waals surface area contributed by atoms with Gasteiger partial charge in [-0.1, -0.05) is 48.5 Å². The molecular weight excluding hydrogens is 298 g/mol. The van der Waals surface area contributed by atoms with Crippen LogP contribution >= 0.6 is 0 Å². The summed E-state index contributed by atoms with van der Waals surface area (Å²) in [7, 11) is 1.80. The Morgan fingerprint density at radius 1 is 1.08 bits per heavy atom. The average Bonchev–Trinajstić information content (AvgIpc) is 3.10. The fraction of sp³-hybridized carbons (Fsp3) is 0.100. The van der Waals surface area contributed by atoms with Crippen LogP contribution in [0.15, 0.2) is 79.1 Å². The van der Waals surface area contributed by atoms with Gasteiger partial charge < -0.3 is 4.90 Å². The lowest BCUT2D eigenvalue weighted by Crippen LogP contribution is -2.23. The molecular formula is C20H19N3O. The van der Waals surface area contributed by atoms with E-state index < -0.39 is 0 Å². The summed E-state index contributed by atoms with van der Waals surface area (Å²) in [6, 6.07) is 19.8. The van der Waals surface area contributed by atoms with Crippen LogP contribution in [-0.4, -0.2) is 27.6 Å². The Morgan fingerprint density at radius 3 is 2.46 bits per heavy atom. The van der Waals surface area contributed by atoms with Crippen molar-refractivity contribution in [3.63, 3.8) is 0 Å². The van der Waals surface area contributed by atoms with Gasteiger partial charge in [-0.15, -0.1) is 0 Å². The standard InChI is InChI=1S/C20H19N3O/c1-22(15-17-8-4-2-5-9-17)20(24)13-12-18-14-21-23(16-18)19-10-6-3-7-11-19/h2-14,16H,15H2,1H3/b13-12+. The molecule has 0 radical (unpaired) electrons. The lowest BCUT2D eigenvalue weighted by Gasteiger charge is -2.14. The first-order valence-electron chi connectivity index (χ1n) is 7.79. The Hall–Kier alpha value is -3.14. The van der Waals surface area contributed by atoms with E-state index in [2.05, 4.69) is 5.10 Å². The van der Waals surface area contributed by atoms with Crippen LogP contribution in [0.1, 0.15) is 11.1 Å². The van der Waals surface area contributed by atoms with Gasteiger partial charge in [-0.2, -0.15) is 5.10 Å². The van der Waals surface area contributed by atoms with Gasteiger partial charge in [-0.25, -0.2) is 4.68 Å². The molecule has 0 saturated carbocycles. The Balaban J connectivity index is 1.63. The van der Waals surface area contributed by atoms with Gasteiger partial charge in [0.1, 0.15) is 0 Å². The highest BCUT2D eigenvalue weighted by molar-refractivity contribution is 5.91. The minimum Gasteiger partial charge on any atom is -0.338 e. The fourth-order valence-electron chi connectivity index (χ4n) is 2.37. The van der Waals surface area contributed by atoms with Crippen molar-refractivity contribution in [2.24, 2.45) is 0 Å². The third kappa shape index (κ3) is 3.98. The van der Waals surface area contributed by atoms with Crippen LogP contribution in [0.3, 0.4) is 0 Å². The van der Waals surface area contributed by atoms with Gasteiger partial charge in [0, 0.05) is 31.4 Å². The van der Waals surface area contributed by atoms with Crippen LogP contribution in [0, 0.1) is 0 Å². The van der Waals surface area contributed by atoms with E-state index in [1.807, 2.05) is 66.9 Å². The van der Waals surface area contributed by atoms with Crippen molar-refractivity contribution in [1.29, 1.82) is 0 Å². The third-order valence-electron chi connectivity index (χ3n) is 3.68. The van der Waals surface area contributed by atoms with Crippen LogP contribution in [0.5, 0.6) is 0 Å². The highest BCUT2D eigenvalue weighted by Crippen LogP contribution is 2.09. The second kappa shape index (κ2) is 7.42. The van der Waals surface area contributed by atoms with Crippen LogP contribution in [-0.2, 0) is 11.3 Å². The van der Waals surface area contributed by atoms with Crippen LogP contribution < -0.4 is 0 Å². The number of benzene rings is 2. The number of hydrogen-bond acceptors (Lipinski definition) is 2. The molecule has 3 rings (SSSR count). The quantitative estimate of drug-likeness (QED) is 0.675. The van der Waals surface area contributed by atoms with E-state index in [4.69, 9.17) is 0 Å². The lowest BCUT2D eigenvalue weighted by atomic mass is 10.2. The molecule has 4 nitrogen and oxygen atoms in total. The number of carbonyl (C=O) groups is 1. The fourth-order valence-corrected chi connectivity index (χ4v) is 2.37. The molecule has 1 amide bonds. The van der Waals surface area contributed by atoms with Crippen molar-refractivity contribution in [2.75, 3.05) is 7.05 Å². The van der Waals surface area contributed by atoms with E-state index in [1.54, 1.807) is 35.0 Å². The summed E-state index contributed by atoms with van der Waals surface area (Å²) in [5.74, 6) is -0.0358. The first kappa shape index (κ1) is 15.7. The van der Waals surface area contributed by atoms with E-state index in [9.17, 15) is 4.79 Å². The number of amides is 1. The Labute approximate surface area is 141 Å². The molecule has 3 aromatic rings. The molecule has 0 bridgehead atoms. The van der Waals surface area contributed by atoms with E-state index in [-0.39, 0.29) is 5.91 Å². The largest absolute Gasteiger partial charge is 0.338 e. The number of carbonyl (C=O) groups excluding carboxylic acids is 1.